The Hall–Kier alpha value is -2.21. The van der Waals surface area contributed by atoms with Crippen LogP contribution in [0.2, 0.25) is 0 Å². The number of carbonyl (C=O) groups excluding carboxylic acids is 1. The lowest BCUT2D eigenvalue weighted by Crippen LogP contribution is -2.18. The van der Waals surface area contributed by atoms with Gasteiger partial charge in [-0.2, -0.15) is 0 Å². The molecule has 1 aromatic rings. The molecule has 0 saturated heterocycles. The smallest absolute Gasteiger partial charge is 0.260 e. The van der Waals surface area contributed by atoms with E-state index in [1.807, 2.05) is 19.1 Å². The molecular formula is C13H15N3O2S. The van der Waals surface area contributed by atoms with E-state index in [2.05, 4.69) is 22.5 Å². The Kier molecular flexibility index (Phi) is 5.20. The van der Waals surface area contributed by atoms with Crippen LogP contribution in [0.15, 0.2) is 40.6 Å². The number of carbonyl (C=O) groups is 1. The molecule has 1 amide bonds. The zero-order chi connectivity index (χ0) is 14.4. The molecule has 0 radical (unpaired) electrons. The Balaban J connectivity index is 2.95. The van der Waals surface area contributed by atoms with Crippen molar-refractivity contribution >= 4 is 35.1 Å². The molecule has 0 atom stereocenters. The Morgan fingerprint density at radius 2 is 2.11 bits per heavy atom. The van der Waals surface area contributed by atoms with Gasteiger partial charge in [0.15, 0.2) is 5.11 Å². The van der Waals surface area contributed by atoms with Gasteiger partial charge in [0.1, 0.15) is 5.76 Å². The van der Waals surface area contributed by atoms with Crippen LogP contribution in [-0.2, 0) is 4.79 Å². The zero-order valence-electron chi connectivity index (χ0n) is 10.7. The standard InChI is InChI=1S/C13H15N3O2S/c1-8-5-3-4-6-11(8)16-12(18)10(9(2)17)7-15-13(14)19/h3-7,17H,1-2H3,(H2,14,19)(H,16,18)/b10-9+,15-7+. The fraction of sp³-hybridized carbons (Fsp3) is 0.154. The molecule has 0 aliphatic carbocycles. The highest BCUT2D eigenvalue weighted by Gasteiger charge is 2.12. The average Bonchev–Trinajstić information content (AvgIpc) is 2.31. The normalized spacial score (nSPS) is 12.1. The molecule has 6 heteroatoms. The maximum Gasteiger partial charge on any atom is 0.260 e. The number of para-hydroxylation sites is 1. The van der Waals surface area contributed by atoms with Gasteiger partial charge in [-0.3, -0.25) is 4.79 Å². The molecule has 0 bridgehead atoms. The van der Waals surface area contributed by atoms with Crippen LogP contribution in [0.25, 0.3) is 0 Å². The Bertz CT molecular complexity index is 561. The minimum atomic E-state index is -0.477. The highest BCUT2D eigenvalue weighted by atomic mass is 32.1. The SMILES string of the molecule is C/C(O)=C(/C=N/C(N)=S)C(=O)Nc1ccccc1C. The Morgan fingerprint density at radius 1 is 1.47 bits per heavy atom. The second kappa shape index (κ2) is 6.65. The van der Waals surface area contributed by atoms with Crippen molar-refractivity contribution in [3.8, 4) is 0 Å². The molecule has 0 aliphatic heterocycles. The zero-order valence-corrected chi connectivity index (χ0v) is 11.5. The molecule has 0 aliphatic rings. The van der Waals surface area contributed by atoms with Crippen molar-refractivity contribution in [3.63, 3.8) is 0 Å². The summed E-state index contributed by atoms with van der Waals surface area (Å²) in [7, 11) is 0. The van der Waals surface area contributed by atoms with E-state index < -0.39 is 5.91 Å². The number of aliphatic imine (C=N–C) groups is 1. The van der Waals surface area contributed by atoms with Crippen molar-refractivity contribution in [2.75, 3.05) is 5.32 Å². The van der Waals surface area contributed by atoms with Crippen molar-refractivity contribution in [3.05, 3.63) is 41.2 Å². The van der Waals surface area contributed by atoms with Gasteiger partial charge in [-0.25, -0.2) is 4.99 Å². The molecule has 0 spiro atoms. The number of aryl methyl sites for hydroxylation is 1. The Labute approximate surface area is 116 Å². The highest BCUT2D eigenvalue weighted by molar-refractivity contribution is 7.80. The van der Waals surface area contributed by atoms with E-state index in [0.29, 0.717) is 5.69 Å². The van der Waals surface area contributed by atoms with Crippen LogP contribution in [-0.4, -0.2) is 22.3 Å². The third kappa shape index (κ3) is 4.51. The number of anilines is 1. The molecule has 0 fully saturated rings. The quantitative estimate of drug-likeness (QED) is 0.341. The molecule has 100 valence electrons. The first-order valence-electron chi connectivity index (χ1n) is 5.52. The second-order valence-corrected chi connectivity index (χ2v) is 4.28. The van der Waals surface area contributed by atoms with E-state index in [9.17, 15) is 9.90 Å². The summed E-state index contributed by atoms with van der Waals surface area (Å²) in [5.41, 5.74) is 6.80. The van der Waals surface area contributed by atoms with Crippen LogP contribution in [0.3, 0.4) is 0 Å². The van der Waals surface area contributed by atoms with Gasteiger partial charge >= 0.3 is 0 Å². The van der Waals surface area contributed by atoms with Gasteiger partial charge in [0.2, 0.25) is 0 Å². The molecule has 1 aromatic carbocycles. The lowest BCUT2D eigenvalue weighted by molar-refractivity contribution is -0.112. The topological polar surface area (TPSA) is 87.7 Å². The van der Waals surface area contributed by atoms with Crippen molar-refractivity contribution in [2.45, 2.75) is 13.8 Å². The van der Waals surface area contributed by atoms with Gasteiger partial charge < -0.3 is 16.2 Å². The van der Waals surface area contributed by atoms with Gasteiger partial charge in [-0.1, -0.05) is 18.2 Å². The molecule has 5 nitrogen and oxygen atoms in total. The molecule has 0 aromatic heterocycles. The van der Waals surface area contributed by atoms with Gasteiger partial charge in [0.05, 0.1) is 5.57 Å². The van der Waals surface area contributed by atoms with Crippen molar-refractivity contribution in [1.82, 2.24) is 0 Å². The number of thiocarbonyl (C=S) groups is 1. The van der Waals surface area contributed by atoms with E-state index in [1.165, 1.54) is 6.92 Å². The molecule has 4 N–H and O–H groups in total. The van der Waals surface area contributed by atoms with E-state index in [-0.39, 0.29) is 16.4 Å². The minimum absolute atomic E-state index is 0.0102. The molecule has 0 saturated carbocycles. The van der Waals surface area contributed by atoms with Crippen LogP contribution in [0.5, 0.6) is 0 Å². The summed E-state index contributed by atoms with van der Waals surface area (Å²) >= 11 is 4.58. The number of hydrogen-bond acceptors (Lipinski definition) is 3. The van der Waals surface area contributed by atoms with Crippen LogP contribution in [0.1, 0.15) is 12.5 Å². The minimum Gasteiger partial charge on any atom is -0.512 e. The summed E-state index contributed by atoms with van der Waals surface area (Å²) < 4.78 is 0. The Morgan fingerprint density at radius 3 is 2.63 bits per heavy atom. The third-order valence-electron chi connectivity index (χ3n) is 2.35. The van der Waals surface area contributed by atoms with Crippen LogP contribution in [0.4, 0.5) is 5.69 Å². The number of amides is 1. The lowest BCUT2D eigenvalue weighted by Gasteiger charge is -2.08. The van der Waals surface area contributed by atoms with Gasteiger partial charge in [0.25, 0.3) is 5.91 Å². The van der Waals surface area contributed by atoms with Gasteiger partial charge in [-0.05, 0) is 37.7 Å². The van der Waals surface area contributed by atoms with Crippen LogP contribution >= 0.6 is 12.2 Å². The molecule has 19 heavy (non-hydrogen) atoms. The fourth-order valence-corrected chi connectivity index (χ4v) is 1.40. The molecule has 0 heterocycles. The predicted octanol–water partition coefficient (Wildman–Crippen LogP) is 2.08. The molecule has 1 rings (SSSR count). The van der Waals surface area contributed by atoms with Gasteiger partial charge in [0, 0.05) is 11.9 Å². The van der Waals surface area contributed by atoms with E-state index >= 15 is 0 Å². The van der Waals surface area contributed by atoms with Gasteiger partial charge in [-0.15, -0.1) is 0 Å². The van der Waals surface area contributed by atoms with Crippen molar-refractivity contribution in [2.24, 2.45) is 10.7 Å². The summed E-state index contributed by atoms with van der Waals surface area (Å²) in [5.74, 6) is -0.639. The van der Waals surface area contributed by atoms with E-state index in [4.69, 9.17) is 5.73 Å². The lowest BCUT2D eigenvalue weighted by atomic mass is 10.2. The van der Waals surface area contributed by atoms with E-state index in [0.717, 1.165) is 11.8 Å². The summed E-state index contributed by atoms with van der Waals surface area (Å²) in [4.78, 5) is 15.7. The molecule has 0 unspecified atom stereocenters. The number of aliphatic hydroxyl groups excluding tert-OH is 1. The number of rotatable bonds is 3. The number of nitrogens with one attached hydrogen (secondary N) is 1. The fourth-order valence-electron chi connectivity index (χ4n) is 1.35. The average molecular weight is 277 g/mol. The van der Waals surface area contributed by atoms with E-state index in [1.54, 1.807) is 12.1 Å². The third-order valence-corrected chi connectivity index (χ3v) is 2.45. The first-order chi connectivity index (χ1) is 8.91. The van der Waals surface area contributed by atoms with Crippen molar-refractivity contribution < 1.29 is 9.90 Å². The summed E-state index contributed by atoms with van der Waals surface area (Å²) in [5, 5.41) is 12.1. The maximum absolute atomic E-state index is 12.0. The summed E-state index contributed by atoms with van der Waals surface area (Å²) in [6, 6.07) is 7.31. The number of aliphatic hydroxyl groups is 1. The predicted molar refractivity (Wildman–Crippen MR) is 80.4 cm³/mol. The van der Waals surface area contributed by atoms with Crippen LogP contribution in [0, 0.1) is 6.92 Å². The van der Waals surface area contributed by atoms with Crippen molar-refractivity contribution in [1.29, 1.82) is 0 Å². The monoisotopic (exact) mass is 277 g/mol. The van der Waals surface area contributed by atoms with Crippen LogP contribution < -0.4 is 11.1 Å². The maximum atomic E-state index is 12.0. The summed E-state index contributed by atoms with van der Waals surface area (Å²) in [6.07, 6.45) is 1.14. The molecular weight excluding hydrogens is 262 g/mol. The number of allylic oxidation sites excluding steroid dienone is 1. The first kappa shape index (κ1) is 14.8. The highest BCUT2D eigenvalue weighted by Crippen LogP contribution is 2.14. The number of benzene rings is 1. The largest absolute Gasteiger partial charge is 0.512 e. The first-order valence-corrected chi connectivity index (χ1v) is 5.93. The summed E-state index contributed by atoms with van der Waals surface area (Å²) in [6.45, 7) is 3.26. The second-order valence-electron chi connectivity index (χ2n) is 3.86. The number of hydrogen-bond donors (Lipinski definition) is 3. The number of nitrogens with zero attached hydrogens (tertiary/aromatic N) is 1. The number of nitrogens with two attached hydrogens (primary N) is 1.